The highest BCUT2D eigenvalue weighted by Gasteiger charge is 2.22. The Kier molecular flexibility index (Phi) is 3.92. The number of hydrogen-bond donors (Lipinski definition) is 0. The number of rotatable bonds is 3. The monoisotopic (exact) mass is 250 g/mol. The van der Waals surface area contributed by atoms with E-state index in [0.29, 0.717) is 19.0 Å². The molecular weight excluding hydrogens is 235 g/mol. The van der Waals surface area contributed by atoms with Crippen molar-refractivity contribution >= 4 is 5.91 Å². The van der Waals surface area contributed by atoms with E-state index in [0.717, 1.165) is 12.8 Å². The summed E-state index contributed by atoms with van der Waals surface area (Å²) in [6.45, 7) is 4.72. The summed E-state index contributed by atoms with van der Waals surface area (Å²) in [6.07, 6.45) is 2.73. The van der Waals surface area contributed by atoms with Crippen LogP contribution in [0.5, 0.6) is 5.88 Å². The van der Waals surface area contributed by atoms with Crippen LogP contribution in [0.3, 0.4) is 0 Å². The quantitative estimate of drug-likeness (QED) is 0.606. The molecule has 1 aliphatic heterocycles. The first-order valence-electron chi connectivity index (χ1n) is 5.89. The average Bonchev–Trinajstić information content (AvgIpc) is 2.39. The second kappa shape index (κ2) is 5.62. The lowest BCUT2D eigenvalue weighted by Crippen LogP contribution is -2.41. The number of hydrogen-bond acceptors (Lipinski definition) is 3. The van der Waals surface area contributed by atoms with Gasteiger partial charge in [0.05, 0.1) is 0 Å². The first kappa shape index (κ1) is 12.5. The van der Waals surface area contributed by atoms with Crippen LogP contribution in [-0.4, -0.2) is 35.0 Å². The Bertz CT molecular complexity index is 442. The van der Waals surface area contributed by atoms with Crippen LogP contribution in [0.25, 0.3) is 0 Å². The third-order valence-corrected chi connectivity index (χ3v) is 2.91. The number of ether oxygens (including phenoxy) is 1. The molecule has 0 aliphatic carbocycles. The van der Waals surface area contributed by atoms with Gasteiger partial charge in [0, 0.05) is 32.0 Å². The third-order valence-electron chi connectivity index (χ3n) is 2.91. The minimum Gasteiger partial charge on any atom is -0.474 e. The fourth-order valence-electron chi connectivity index (χ4n) is 1.95. The van der Waals surface area contributed by atoms with Gasteiger partial charge in [-0.15, -0.1) is 0 Å². The highest BCUT2D eigenvalue weighted by atomic mass is 19.1. The Balaban J connectivity index is 1.87. The molecule has 1 fully saturated rings. The molecule has 1 amide bonds. The van der Waals surface area contributed by atoms with Gasteiger partial charge in [0.1, 0.15) is 6.10 Å². The van der Waals surface area contributed by atoms with E-state index in [-0.39, 0.29) is 12.0 Å². The van der Waals surface area contributed by atoms with Gasteiger partial charge in [0.25, 0.3) is 0 Å². The predicted octanol–water partition coefficient (Wildman–Crippen LogP) is 1.78. The second-order valence-electron chi connectivity index (χ2n) is 4.15. The van der Waals surface area contributed by atoms with E-state index in [1.54, 1.807) is 17.0 Å². The van der Waals surface area contributed by atoms with Gasteiger partial charge in [-0.25, -0.2) is 0 Å². The zero-order chi connectivity index (χ0) is 13.0. The molecule has 0 aromatic carbocycles. The van der Waals surface area contributed by atoms with Gasteiger partial charge >= 0.3 is 0 Å². The maximum Gasteiger partial charge on any atom is 0.245 e. The van der Waals surface area contributed by atoms with E-state index in [1.807, 2.05) is 0 Å². The van der Waals surface area contributed by atoms with E-state index in [4.69, 9.17) is 4.74 Å². The highest BCUT2D eigenvalue weighted by Crippen LogP contribution is 2.17. The summed E-state index contributed by atoms with van der Waals surface area (Å²) < 4.78 is 18.5. The molecule has 0 radical (unpaired) electrons. The van der Waals surface area contributed by atoms with Gasteiger partial charge in [0.2, 0.25) is 17.7 Å². The van der Waals surface area contributed by atoms with Crippen molar-refractivity contribution in [1.82, 2.24) is 9.88 Å². The number of nitrogens with zero attached hydrogens (tertiary/aromatic N) is 2. The summed E-state index contributed by atoms with van der Waals surface area (Å²) in [6, 6.07) is 4.47. The summed E-state index contributed by atoms with van der Waals surface area (Å²) in [7, 11) is 0. The molecule has 1 aromatic heterocycles. The van der Waals surface area contributed by atoms with Crippen molar-refractivity contribution in [2.75, 3.05) is 13.1 Å². The van der Waals surface area contributed by atoms with Crippen molar-refractivity contribution in [2.45, 2.75) is 18.9 Å². The Hall–Kier alpha value is -1.91. The summed E-state index contributed by atoms with van der Waals surface area (Å²) in [4.78, 5) is 16.8. The minimum atomic E-state index is -0.549. The molecule has 0 N–H and O–H groups in total. The average molecular weight is 250 g/mol. The summed E-state index contributed by atoms with van der Waals surface area (Å²) >= 11 is 0. The Morgan fingerprint density at radius 2 is 2.22 bits per heavy atom. The van der Waals surface area contributed by atoms with Crippen molar-refractivity contribution in [2.24, 2.45) is 0 Å². The van der Waals surface area contributed by atoms with Gasteiger partial charge < -0.3 is 9.64 Å². The van der Waals surface area contributed by atoms with Crippen LogP contribution in [-0.2, 0) is 4.79 Å². The molecule has 1 saturated heterocycles. The normalized spacial score (nSPS) is 16.4. The number of halogens is 1. The van der Waals surface area contributed by atoms with Crippen LogP contribution in [0.15, 0.2) is 30.9 Å². The van der Waals surface area contributed by atoms with Gasteiger partial charge in [0.15, 0.2) is 0 Å². The van der Waals surface area contributed by atoms with Gasteiger partial charge in [-0.05, 0) is 12.1 Å². The summed E-state index contributed by atoms with van der Waals surface area (Å²) in [5, 5.41) is 0. The van der Waals surface area contributed by atoms with E-state index in [1.165, 1.54) is 12.1 Å². The third kappa shape index (κ3) is 3.06. The van der Waals surface area contributed by atoms with E-state index < -0.39 is 5.95 Å². The van der Waals surface area contributed by atoms with Crippen LogP contribution in [0.4, 0.5) is 4.39 Å². The van der Waals surface area contributed by atoms with E-state index >= 15 is 0 Å². The maximum absolute atomic E-state index is 12.9. The molecule has 0 unspecified atom stereocenters. The van der Waals surface area contributed by atoms with Gasteiger partial charge in [-0.1, -0.05) is 12.6 Å². The molecular formula is C13H15FN2O2. The molecule has 0 saturated carbocycles. The first-order valence-corrected chi connectivity index (χ1v) is 5.89. The molecule has 1 aliphatic rings. The van der Waals surface area contributed by atoms with Crippen LogP contribution in [0, 0.1) is 5.95 Å². The zero-order valence-electron chi connectivity index (χ0n) is 10.0. The van der Waals surface area contributed by atoms with Crippen LogP contribution < -0.4 is 4.74 Å². The number of carbonyl (C=O) groups excluding carboxylic acids is 1. The Morgan fingerprint density at radius 1 is 1.50 bits per heavy atom. The number of likely N-dealkylation sites (tertiary alicyclic amines) is 1. The lowest BCUT2D eigenvalue weighted by Gasteiger charge is -2.31. The number of piperidine rings is 1. The van der Waals surface area contributed by atoms with Crippen molar-refractivity contribution in [1.29, 1.82) is 0 Å². The molecule has 18 heavy (non-hydrogen) atoms. The van der Waals surface area contributed by atoms with Crippen molar-refractivity contribution in [3.05, 3.63) is 36.8 Å². The first-order chi connectivity index (χ1) is 8.69. The number of amides is 1. The predicted molar refractivity (Wildman–Crippen MR) is 64.6 cm³/mol. The lowest BCUT2D eigenvalue weighted by atomic mass is 10.1. The largest absolute Gasteiger partial charge is 0.474 e. The number of aromatic nitrogens is 1. The Labute approximate surface area is 105 Å². The van der Waals surface area contributed by atoms with Crippen LogP contribution in [0.2, 0.25) is 0 Å². The van der Waals surface area contributed by atoms with Crippen LogP contribution in [0.1, 0.15) is 12.8 Å². The minimum absolute atomic E-state index is 0.0202. The molecule has 0 atom stereocenters. The Morgan fingerprint density at radius 3 is 2.83 bits per heavy atom. The molecule has 2 heterocycles. The smallest absolute Gasteiger partial charge is 0.245 e. The van der Waals surface area contributed by atoms with Gasteiger partial charge in [-0.2, -0.15) is 9.37 Å². The van der Waals surface area contributed by atoms with Crippen molar-refractivity contribution in [3.63, 3.8) is 0 Å². The van der Waals surface area contributed by atoms with Gasteiger partial charge in [-0.3, -0.25) is 4.79 Å². The molecule has 5 heteroatoms. The maximum atomic E-state index is 12.9. The number of carbonyl (C=O) groups is 1. The molecule has 96 valence electrons. The molecule has 1 aromatic rings. The summed E-state index contributed by atoms with van der Waals surface area (Å²) in [5.74, 6) is -0.312. The SMILES string of the molecule is C=CC(=O)N1CCC(Oc2cccc(F)n2)CC1. The molecule has 4 nitrogen and oxygen atoms in total. The topological polar surface area (TPSA) is 42.4 Å². The standard InChI is InChI=1S/C13H15FN2O2/c1-2-13(17)16-8-6-10(7-9-16)18-12-5-3-4-11(14)15-12/h2-5,10H,1,6-9H2. The second-order valence-corrected chi connectivity index (χ2v) is 4.15. The molecule has 2 rings (SSSR count). The fourth-order valence-corrected chi connectivity index (χ4v) is 1.95. The number of pyridine rings is 1. The van der Waals surface area contributed by atoms with Crippen molar-refractivity contribution in [3.8, 4) is 5.88 Å². The highest BCUT2D eigenvalue weighted by molar-refractivity contribution is 5.87. The summed E-state index contributed by atoms with van der Waals surface area (Å²) in [5.41, 5.74) is 0. The van der Waals surface area contributed by atoms with E-state index in [9.17, 15) is 9.18 Å². The lowest BCUT2D eigenvalue weighted by molar-refractivity contribution is -0.127. The molecule has 0 bridgehead atoms. The van der Waals surface area contributed by atoms with Crippen LogP contribution >= 0.6 is 0 Å². The fraction of sp³-hybridized carbons (Fsp3) is 0.385. The molecule has 0 spiro atoms. The van der Waals surface area contributed by atoms with E-state index in [2.05, 4.69) is 11.6 Å². The zero-order valence-corrected chi connectivity index (χ0v) is 10.0. The van der Waals surface area contributed by atoms with Crippen molar-refractivity contribution < 1.29 is 13.9 Å².